The Balaban J connectivity index is 0.000000353. The molecule has 0 fully saturated rings. The first-order valence-electron chi connectivity index (χ1n) is 8.26. The zero-order valence-electron chi connectivity index (χ0n) is 15.3. The maximum Gasteiger partial charge on any atom is 0.222 e. The van der Waals surface area contributed by atoms with E-state index < -0.39 is 0 Å². The number of ether oxygens (including phenoxy) is 2. The van der Waals surface area contributed by atoms with E-state index in [9.17, 15) is 0 Å². The summed E-state index contributed by atoms with van der Waals surface area (Å²) in [5.41, 5.74) is 14.3. The zero-order chi connectivity index (χ0) is 19.6. The maximum atomic E-state index is 5.84. The SMILES string of the molecule is C#Cc1c(OC)ccc(Oc2cnc(N)nc2N)c1C(C)C.c1sc2cc1-2. The number of aromatic nitrogens is 2. The number of hydrogen-bond donors (Lipinski definition) is 2. The predicted octanol–water partition coefficient (Wildman–Crippen LogP) is 4.28. The summed E-state index contributed by atoms with van der Waals surface area (Å²) in [5, 5.41) is 2.16. The minimum atomic E-state index is 0.0907. The third-order valence-electron chi connectivity index (χ3n) is 3.93. The molecule has 0 spiro atoms. The monoisotopic (exact) mass is 380 g/mol. The predicted molar refractivity (Wildman–Crippen MR) is 109 cm³/mol. The van der Waals surface area contributed by atoms with Crippen LogP contribution < -0.4 is 20.9 Å². The van der Waals surface area contributed by atoms with E-state index in [0.717, 1.165) is 5.56 Å². The number of rotatable bonds is 4. The first-order chi connectivity index (χ1) is 12.9. The lowest BCUT2D eigenvalue weighted by molar-refractivity contribution is 0.409. The average molecular weight is 380 g/mol. The van der Waals surface area contributed by atoms with E-state index in [0.29, 0.717) is 22.8 Å². The van der Waals surface area contributed by atoms with E-state index in [1.807, 2.05) is 25.2 Å². The molecule has 0 saturated heterocycles. The van der Waals surface area contributed by atoms with Gasteiger partial charge < -0.3 is 20.9 Å². The Bertz CT molecular complexity index is 997. The summed E-state index contributed by atoms with van der Waals surface area (Å²) >= 11 is 1.83. The fraction of sp³-hybridized carbons (Fsp3) is 0.200. The number of hydrogen-bond acceptors (Lipinski definition) is 7. The van der Waals surface area contributed by atoms with Crippen LogP contribution in [0.25, 0.3) is 10.4 Å². The molecule has 7 heteroatoms. The van der Waals surface area contributed by atoms with Gasteiger partial charge in [0.25, 0.3) is 0 Å². The van der Waals surface area contributed by atoms with Gasteiger partial charge in [0.15, 0.2) is 11.6 Å². The number of benzene rings is 1. The molecule has 0 atom stereocenters. The number of thiophene rings is 1. The lowest BCUT2D eigenvalue weighted by atomic mass is 9.95. The van der Waals surface area contributed by atoms with Crippen molar-refractivity contribution in [3.63, 3.8) is 0 Å². The molecule has 0 unspecified atom stereocenters. The van der Waals surface area contributed by atoms with E-state index in [2.05, 4.69) is 27.3 Å². The Morgan fingerprint density at radius 1 is 1.19 bits per heavy atom. The quantitative estimate of drug-likeness (QED) is 0.513. The van der Waals surface area contributed by atoms with Gasteiger partial charge in [-0.1, -0.05) is 19.8 Å². The molecular weight excluding hydrogens is 360 g/mol. The number of nitrogens with two attached hydrogens (primary N) is 2. The summed E-state index contributed by atoms with van der Waals surface area (Å²) in [6.07, 6.45) is 7.06. The second-order valence-electron chi connectivity index (χ2n) is 6.13. The highest BCUT2D eigenvalue weighted by Crippen LogP contribution is 2.42. The molecule has 138 valence electrons. The zero-order valence-corrected chi connectivity index (χ0v) is 16.1. The molecular formula is C20H20N4O2S. The summed E-state index contributed by atoms with van der Waals surface area (Å²) in [6.45, 7) is 4.04. The summed E-state index contributed by atoms with van der Waals surface area (Å²) in [4.78, 5) is 9.26. The van der Waals surface area contributed by atoms with Gasteiger partial charge >= 0.3 is 0 Å². The molecule has 2 aliphatic rings. The molecule has 1 aromatic carbocycles. The second-order valence-corrected chi connectivity index (χ2v) is 7.04. The fourth-order valence-corrected chi connectivity index (χ4v) is 3.18. The minimum Gasteiger partial charge on any atom is -0.495 e. The van der Waals surface area contributed by atoms with E-state index in [-0.39, 0.29) is 17.7 Å². The Morgan fingerprint density at radius 3 is 2.33 bits per heavy atom. The number of fused-ring (bicyclic) bond motifs is 1. The van der Waals surface area contributed by atoms with Crippen molar-refractivity contribution >= 4 is 23.1 Å². The molecule has 0 radical (unpaired) electrons. The first-order valence-corrected chi connectivity index (χ1v) is 9.14. The van der Waals surface area contributed by atoms with Gasteiger partial charge in [-0.3, -0.25) is 0 Å². The van der Waals surface area contributed by atoms with E-state index in [4.69, 9.17) is 27.4 Å². The molecule has 1 aliphatic heterocycles. The largest absolute Gasteiger partial charge is 0.495 e. The molecule has 1 aromatic heterocycles. The summed E-state index contributed by atoms with van der Waals surface area (Å²) in [7, 11) is 1.58. The smallest absolute Gasteiger partial charge is 0.222 e. The van der Waals surface area contributed by atoms with Gasteiger partial charge in [0.2, 0.25) is 5.95 Å². The van der Waals surface area contributed by atoms with Crippen molar-refractivity contribution in [2.75, 3.05) is 18.6 Å². The van der Waals surface area contributed by atoms with Gasteiger partial charge in [0, 0.05) is 21.4 Å². The molecule has 2 aromatic rings. The molecule has 0 saturated carbocycles. The Morgan fingerprint density at radius 2 is 1.89 bits per heavy atom. The number of terminal acetylenes is 1. The van der Waals surface area contributed by atoms with Crippen molar-refractivity contribution in [1.29, 1.82) is 0 Å². The van der Waals surface area contributed by atoms with E-state index in [1.165, 1.54) is 16.6 Å². The number of methoxy groups -OCH3 is 1. The molecule has 4 rings (SSSR count). The molecule has 1 aliphatic carbocycles. The van der Waals surface area contributed by atoms with Gasteiger partial charge in [0.05, 0.1) is 18.9 Å². The van der Waals surface area contributed by atoms with E-state index in [1.54, 1.807) is 19.2 Å². The normalized spacial score (nSPS) is 10.6. The van der Waals surface area contributed by atoms with Gasteiger partial charge in [-0.05, 0) is 24.1 Å². The standard InChI is InChI=1S/C16H18N4O2.C4H2S/c1-5-10-11(21-4)6-7-12(14(10)9(2)3)22-13-8-19-16(18)20-15(13)17;1-3-2-5-4(1)3/h1,6-9H,2-4H3,(H4,17,18,19,20);1-2H. The average Bonchev–Trinajstić information content (AvgIpc) is 3.22. The van der Waals surface area contributed by atoms with Gasteiger partial charge in [-0.25, -0.2) is 4.98 Å². The first kappa shape index (κ1) is 18.5. The number of nitrogen functional groups attached to an aromatic ring is 2. The van der Waals surface area contributed by atoms with Crippen LogP contribution in [0.15, 0.2) is 29.8 Å². The van der Waals surface area contributed by atoms with Crippen molar-refractivity contribution < 1.29 is 9.47 Å². The van der Waals surface area contributed by atoms with Crippen LogP contribution in [-0.4, -0.2) is 17.1 Å². The Labute approximate surface area is 162 Å². The topological polar surface area (TPSA) is 96.3 Å². The molecule has 27 heavy (non-hydrogen) atoms. The van der Waals surface area contributed by atoms with Gasteiger partial charge in [0.1, 0.15) is 11.5 Å². The Kier molecular flexibility index (Phi) is 5.19. The van der Waals surface area contributed by atoms with Crippen molar-refractivity contribution in [2.24, 2.45) is 0 Å². The minimum absolute atomic E-state index is 0.0907. The number of nitrogens with zero attached hydrogens (tertiary/aromatic N) is 2. The highest BCUT2D eigenvalue weighted by atomic mass is 32.1. The highest BCUT2D eigenvalue weighted by molar-refractivity contribution is 7.18. The van der Waals surface area contributed by atoms with Crippen LogP contribution in [0.2, 0.25) is 0 Å². The van der Waals surface area contributed by atoms with Crippen LogP contribution in [-0.2, 0) is 0 Å². The van der Waals surface area contributed by atoms with E-state index >= 15 is 0 Å². The lowest BCUT2D eigenvalue weighted by Crippen LogP contribution is -2.04. The maximum absolute atomic E-state index is 5.84. The van der Waals surface area contributed by atoms with Gasteiger partial charge in [-0.15, -0.1) is 17.8 Å². The van der Waals surface area contributed by atoms with Crippen LogP contribution in [0.4, 0.5) is 11.8 Å². The third kappa shape index (κ3) is 3.96. The summed E-state index contributed by atoms with van der Waals surface area (Å²) in [5.74, 6) is 4.58. The van der Waals surface area contributed by atoms with Crippen LogP contribution in [0.3, 0.4) is 0 Å². The highest BCUT2D eigenvalue weighted by Gasteiger charge is 2.18. The summed E-state index contributed by atoms with van der Waals surface area (Å²) in [6, 6.07) is 5.72. The fourth-order valence-electron chi connectivity index (χ4n) is 2.53. The van der Waals surface area contributed by atoms with Crippen LogP contribution >= 0.6 is 11.3 Å². The Hall–Kier alpha value is -3.24. The molecule has 4 N–H and O–H groups in total. The molecule has 0 bridgehead atoms. The van der Waals surface area contributed by atoms with Crippen molar-refractivity contribution in [3.05, 3.63) is 40.9 Å². The van der Waals surface area contributed by atoms with Crippen molar-refractivity contribution in [3.8, 4) is 40.0 Å². The van der Waals surface area contributed by atoms with Crippen molar-refractivity contribution in [1.82, 2.24) is 9.97 Å². The molecule has 6 nitrogen and oxygen atoms in total. The number of anilines is 2. The van der Waals surface area contributed by atoms with Crippen LogP contribution in [0.5, 0.6) is 17.2 Å². The second kappa shape index (κ2) is 7.56. The molecule has 2 heterocycles. The summed E-state index contributed by atoms with van der Waals surface area (Å²) < 4.78 is 11.1. The third-order valence-corrected chi connectivity index (χ3v) is 4.91. The lowest BCUT2D eigenvalue weighted by Gasteiger charge is -2.18. The molecule has 0 amide bonds. The van der Waals surface area contributed by atoms with Crippen molar-refractivity contribution in [2.45, 2.75) is 19.8 Å². The van der Waals surface area contributed by atoms with Crippen LogP contribution in [0, 0.1) is 12.3 Å². The van der Waals surface area contributed by atoms with Gasteiger partial charge in [-0.2, -0.15) is 4.98 Å². The van der Waals surface area contributed by atoms with Crippen LogP contribution in [0.1, 0.15) is 30.9 Å².